The van der Waals surface area contributed by atoms with Gasteiger partial charge in [0.15, 0.2) is 0 Å². The zero-order valence-corrected chi connectivity index (χ0v) is 7.49. The highest BCUT2D eigenvalue weighted by molar-refractivity contribution is 5.66. The molecule has 0 aliphatic carbocycles. The Morgan fingerprint density at radius 1 is 1.77 bits per heavy atom. The summed E-state index contributed by atoms with van der Waals surface area (Å²) in [4.78, 5) is 10.3. The van der Waals surface area contributed by atoms with Crippen LogP contribution in [0.1, 0.15) is 30.2 Å². The third kappa shape index (κ3) is 2.59. The summed E-state index contributed by atoms with van der Waals surface area (Å²) in [7, 11) is 0. The molecule has 0 aromatic carbocycles. The Balaban J connectivity index is 2.53. The van der Waals surface area contributed by atoms with Gasteiger partial charge in [-0.15, -0.1) is 0 Å². The lowest BCUT2D eigenvalue weighted by Gasteiger charge is -2.07. The van der Waals surface area contributed by atoms with Crippen molar-refractivity contribution in [3.63, 3.8) is 0 Å². The Kier molecular flexibility index (Phi) is 3.08. The molecule has 72 valence electrons. The Morgan fingerprint density at radius 2 is 2.46 bits per heavy atom. The molecule has 0 spiro atoms. The number of nitrogens with two attached hydrogens (primary N) is 1. The fraction of sp³-hybridized carbons (Fsp3) is 0.444. The second-order valence-electron chi connectivity index (χ2n) is 3.01. The normalized spacial score (nSPS) is 12.8. The van der Waals surface area contributed by atoms with Crippen molar-refractivity contribution in [2.45, 2.75) is 25.8 Å². The first-order chi connectivity index (χ1) is 6.11. The van der Waals surface area contributed by atoms with Crippen molar-refractivity contribution >= 4 is 5.97 Å². The van der Waals surface area contributed by atoms with Crippen LogP contribution in [0, 0.1) is 6.92 Å². The standard InChI is InChI=1S/C9H13NO3/c1-6-4-5-13-9(6)7(10)2-3-8(11)12/h4-5,7H,2-3,10H2,1H3,(H,11,12). The van der Waals surface area contributed by atoms with E-state index < -0.39 is 5.97 Å². The van der Waals surface area contributed by atoms with E-state index in [4.69, 9.17) is 15.3 Å². The van der Waals surface area contributed by atoms with E-state index in [-0.39, 0.29) is 12.5 Å². The highest BCUT2D eigenvalue weighted by Crippen LogP contribution is 2.20. The molecule has 1 aromatic rings. The fourth-order valence-electron chi connectivity index (χ4n) is 1.17. The molecule has 0 radical (unpaired) electrons. The van der Waals surface area contributed by atoms with E-state index in [1.807, 2.05) is 13.0 Å². The van der Waals surface area contributed by atoms with Crippen LogP contribution in [0.2, 0.25) is 0 Å². The molecule has 0 bridgehead atoms. The summed E-state index contributed by atoms with van der Waals surface area (Å²) < 4.78 is 5.14. The van der Waals surface area contributed by atoms with Gasteiger partial charge in [0.1, 0.15) is 5.76 Å². The Labute approximate surface area is 76.3 Å². The van der Waals surface area contributed by atoms with E-state index in [9.17, 15) is 4.79 Å². The SMILES string of the molecule is Cc1ccoc1C(N)CCC(=O)O. The van der Waals surface area contributed by atoms with Crippen LogP contribution in [-0.2, 0) is 4.79 Å². The highest BCUT2D eigenvalue weighted by atomic mass is 16.4. The summed E-state index contributed by atoms with van der Waals surface area (Å²) in [6.45, 7) is 1.89. The van der Waals surface area contributed by atoms with E-state index in [1.54, 1.807) is 6.26 Å². The molecular weight excluding hydrogens is 170 g/mol. The molecule has 0 aliphatic rings. The van der Waals surface area contributed by atoms with Gasteiger partial charge in [0.25, 0.3) is 0 Å². The largest absolute Gasteiger partial charge is 0.481 e. The van der Waals surface area contributed by atoms with Crippen molar-refractivity contribution < 1.29 is 14.3 Å². The van der Waals surface area contributed by atoms with Gasteiger partial charge in [-0.2, -0.15) is 0 Å². The van der Waals surface area contributed by atoms with Crippen molar-refractivity contribution in [1.29, 1.82) is 0 Å². The van der Waals surface area contributed by atoms with Crippen LogP contribution in [0.15, 0.2) is 16.7 Å². The van der Waals surface area contributed by atoms with E-state index >= 15 is 0 Å². The highest BCUT2D eigenvalue weighted by Gasteiger charge is 2.13. The van der Waals surface area contributed by atoms with Gasteiger partial charge < -0.3 is 15.3 Å². The number of aliphatic carboxylic acids is 1. The molecule has 13 heavy (non-hydrogen) atoms. The van der Waals surface area contributed by atoms with E-state index in [0.29, 0.717) is 12.2 Å². The molecule has 1 heterocycles. The summed E-state index contributed by atoms with van der Waals surface area (Å²) in [5, 5.41) is 8.44. The number of carboxylic acid groups (broad SMARTS) is 1. The van der Waals surface area contributed by atoms with Gasteiger partial charge in [-0.1, -0.05) is 0 Å². The average molecular weight is 183 g/mol. The number of furan rings is 1. The minimum Gasteiger partial charge on any atom is -0.481 e. The maximum Gasteiger partial charge on any atom is 0.303 e. The predicted molar refractivity (Wildman–Crippen MR) is 47.2 cm³/mol. The third-order valence-electron chi connectivity index (χ3n) is 1.91. The second kappa shape index (κ2) is 4.09. The lowest BCUT2D eigenvalue weighted by atomic mass is 10.1. The summed E-state index contributed by atoms with van der Waals surface area (Å²) in [5.41, 5.74) is 6.70. The fourth-order valence-corrected chi connectivity index (χ4v) is 1.17. The molecule has 1 unspecified atom stereocenters. The zero-order chi connectivity index (χ0) is 9.84. The number of carbonyl (C=O) groups is 1. The van der Waals surface area contributed by atoms with Gasteiger partial charge in [0.05, 0.1) is 12.3 Å². The van der Waals surface area contributed by atoms with Crippen molar-refractivity contribution in [2.75, 3.05) is 0 Å². The minimum atomic E-state index is -0.834. The number of carboxylic acids is 1. The Morgan fingerprint density at radius 3 is 2.92 bits per heavy atom. The van der Waals surface area contributed by atoms with Crippen LogP contribution in [0.25, 0.3) is 0 Å². The molecule has 0 saturated heterocycles. The van der Waals surface area contributed by atoms with Crippen LogP contribution in [0.4, 0.5) is 0 Å². The van der Waals surface area contributed by atoms with E-state index in [2.05, 4.69) is 0 Å². The smallest absolute Gasteiger partial charge is 0.303 e. The first-order valence-corrected chi connectivity index (χ1v) is 4.12. The van der Waals surface area contributed by atoms with Gasteiger partial charge in [-0.05, 0) is 25.0 Å². The minimum absolute atomic E-state index is 0.0707. The maximum atomic E-state index is 10.3. The van der Waals surface area contributed by atoms with Crippen LogP contribution in [-0.4, -0.2) is 11.1 Å². The molecule has 0 saturated carbocycles. The van der Waals surface area contributed by atoms with Gasteiger partial charge >= 0.3 is 5.97 Å². The molecule has 1 rings (SSSR count). The summed E-state index contributed by atoms with van der Waals surface area (Å²) >= 11 is 0. The van der Waals surface area contributed by atoms with Gasteiger partial charge in [0, 0.05) is 6.42 Å². The van der Waals surface area contributed by atoms with Crippen molar-refractivity contribution in [1.82, 2.24) is 0 Å². The topological polar surface area (TPSA) is 76.5 Å². The summed E-state index contributed by atoms with van der Waals surface area (Å²) in [5.74, 6) is -0.152. The monoisotopic (exact) mass is 183 g/mol. The average Bonchev–Trinajstić information content (AvgIpc) is 2.47. The molecule has 1 atom stereocenters. The first-order valence-electron chi connectivity index (χ1n) is 4.12. The van der Waals surface area contributed by atoms with Crippen molar-refractivity contribution in [2.24, 2.45) is 5.73 Å². The molecule has 1 aromatic heterocycles. The molecule has 0 amide bonds. The quantitative estimate of drug-likeness (QED) is 0.740. The van der Waals surface area contributed by atoms with Crippen molar-refractivity contribution in [3.05, 3.63) is 23.7 Å². The maximum absolute atomic E-state index is 10.3. The number of rotatable bonds is 4. The number of aryl methyl sites for hydroxylation is 1. The van der Waals surface area contributed by atoms with E-state index in [0.717, 1.165) is 5.56 Å². The van der Waals surface area contributed by atoms with Crippen LogP contribution in [0.5, 0.6) is 0 Å². The van der Waals surface area contributed by atoms with Gasteiger partial charge in [-0.25, -0.2) is 0 Å². The Bertz CT molecular complexity index is 293. The second-order valence-corrected chi connectivity index (χ2v) is 3.01. The van der Waals surface area contributed by atoms with Crippen LogP contribution in [0.3, 0.4) is 0 Å². The third-order valence-corrected chi connectivity index (χ3v) is 1.91. The molecular formula is C9H13NO3. The molecule has 0 aliphatic heterocycles. The van der Waals surface area contributed by atoms with E-state index in [1.165, 1.54) is 0 Å². The zero-order valence-electron chi connectivity index (χ0n) is 7.49. The van der Waals surface area contributed by atoms with Crippen LogP contribution >= 0.6 is 0 Å². The molecule has 4 nitrogen and oxygen atoms in total. The van der Waals surface area contributed by atoms with Gasteiger partial charge in [0.2, 0.25) is 0 Å². The van der Waals surface area contributed by atoms with Crippen LogP contribution < -0.4 is 5.73 Å². The first kappa shape index (κ1) is 9.80. The van der Waals surface area contributed by atoms with Gasteiger partial charge in [-0.3, -0.25) is 4.79 Å². The molecule has 3 N–H and O–H groups in total. The number of hydrogen-bond acceptors (Lipinski definition) is 3. The molecule has 0 fully saturated rings. The Hall–Kier alpha value is -1.29. The lowest BCUT2D eigenvalue weighted by molar-refractivity contribution is -0.137. The number of hydrogen-bond donors (Lipinski definition) is 2. The predicted octanol–water partition coefficient (Wildman–Crippen LogP) is 1.45. The summed E-state index contributed by atoms with van der Waals surface area (Å²) in [6.07, 6.45) is 2.04. The summed E-state index contributed by atoms with van der Waals surface area (Å²) in [6, 6.07) is 1.50. The molecule has 4 heteroatoms. The lowest BCUT2D eigenvalue weighted by Crippen LogP contribution is -2.12. The van der Waals surface area contributed by atoms with Crippen molar-refractivity contribution in [3.8, 4) is 0 Å².